The fourth-order valence-corrected chi connectivity index (χ4v) is 3.42. The summed E-state index contributed by atoms with van der Waals surface area (Å²) in [5.74, 6) is -2.72. The van der Waals surface area contributed by atoms with Gasteiger partial charge in [-0.25, -0.2) is 8.78 Å². The summed E-state index contributed by atoms with van der Waals surface area (Å²) in [6.45, 7) is 0.698. The molecule has 0 spiro atoms. The summed E-state index contributed by atoms with van der Waals surface area (Å²) >= 11 is 0. The lowest BCUT2D eigenvalue weighted by Crippen LogP contribution is -2.44. The second-order valence-electron chi connectivity index (χ2n) is 6.88. The van der Waals surface area contributed by atoms with Gasteiger partial charge in [-0.3, -0.25) is 9.59 Å². The average Bonchev–Trinajstić information content (AvgIpc) is 2.72. The van der Waals surface area contributed by atoms with Gasteiger partial charge in [-0.15, -0.1) is 0 Å². The third-order valence-corrected chi connectivity index (χ3v) is 5.06. The number of hydrogen-bond acceptors (Lipinski definition) is 3. The Hall–Kier alpha value is -2.80. The minimum atomic E-state index is -0.972. The van der Waals surface area contributed by atoms with Crippen LogP contribution in [0.5, 0.6) is 0 Å². The van der Waals surface area contributed by atoms with Crippen molar-refractivity contribution in [3.05, 3.63) is 71.3 Å². The number of nitrogens with zero attached hydrogens (tertiary/aromatic N) is 1. The summed E-state index contributed by atoms with van der Waals surface area (Å²) in [5.41, 5.74) is 0.555. The molecule has 1 aliphatic rings. The van der Waals surface area contributed by atoms with Crippen LogP contribution in [0.3, 0.4) is 0 Å². The zero-order chi connectivity index (χ0) is 20.1. The Kier molecular flexibility index (Phi) is 6.36. The Balaban J connectivity index is 1.48. The molecule has 1 fully saturated rings. The number of piperidine rings is 1. The number of aliphatic hydroxyl groups is 1. The van der Waals surface area contributed by atoms with Crippen molar-refractivity contribution in [2.75, 3.05) is 19.6 Å². The second kappa shape index (κ2) is 8.93. The molecule has 1 aliphatic heterocycles. The second-order valence-corrected chi connectivity index (χ2v) is 6.88. The molecule has 7 heteroatoms. The fraction of sp³-hybridized carbons (Fsp3) is 0.333. The molecular formula is C21H22F2N2O3. The van der Waals surface area contributed by atoms with Crippen molar-refractivity contribution >= 4 is 11.8 Å². The van der Waals surface area contributed by atoms with Gasteiger partial charge in [0.2, 0.25) is 5.91 Å². The van der Waals surface area contributed by atoms with E-state index in [-0.39, 0.29) is 23.9 Å². The van der Waals surface area contributed by atoms with Crippen molar-refractivity contribution in [2.45, 2.75) is 18.9 Å². The summed E-state index contributed by atoms with van der Waals surface area (Å²) in [6, 6.07) is 12.1. The molecule has 2 aromatic rings. The van der Waals surface area contributed by atoms with Gasteiger partial charge in [0.1, 0.15) is 11.6 Å². The lowest BCUT2D eigenvalue weighted by molar-refractivity contribution is -0.132. The highest BCUT2D eigenvalue weighted by molar-refractivity contribution is 5.96. The predicted octanol–water partition coefficient (Wildman–Crippen LogP) is 2.67. The van der Waals surface area contributed by atoms with Gasteiger partial charge in [0.05, 0.1) is 18.2 Å². The quantitative estimate of drug-likeness (QED) is 0.828. The third-order valence-electron chi connectivity index (χ3n) is 5.06. The van der Waals surface area contributed by atoms with E-state index >= 15 is 0 Å². The van der Waals surface area contributed by atoms with Crippen molar-refractivity contribution in [3.63, 3.8) is 0 Å². The monoisotopic (exact) mass is 388 g/mol. The smallest absolute Gasteiger partial charge is 0.254 e. The molecular weight excluding hydrogens is 366 g/mol. The van der Waals surface area contributed by atoms with Gasteiger partial charge < -0.3 is 15.3 Å². The van der Waals surface area contributed by atoms with Crippen molar-refractivity contribution in [1.82, 2.24) is 10.2 Å². The fourth-order valence-electron chi connectivity index (χ4n) is 3.42. The highest BCUT2D eigenvalue weighted by atomic mass is 19.1. The summed E-state index contributed by atoms with van der Waals surface area (Å²) in [4.78, 5) is 25.9. The molecule has 2 amide bonds. The van der Waals surface area contributed by atoms with Crippen molar-refractivity contribution in [3.8, 4) is 0 Å². The molecule has 28 heavy (non-hydrogen) atoms. The van der Waals surface area contributed by atoms with E-state index in [0.717, 1.165) is 17.7 Å². The number of likely N-dealkylation sites (tertiary alicyclic amines) is 1. The highest BCUT2D eigenvalue weighted by Gasteiger charge is 2.28. The number of carbonyl (C=O) groups is 2. The molecule has 0 aliphatic carbocycles. The SMILES string of the molecule is O=C(NCC(=O)N1CCC(C(O)c2ccccc2)CC1)c1ccc(F)cc1F. The Morgan fingerprint density at radius 1 is 1.11 bits per heavy atom. The van der Waals surface area contributed by atoms with Crippen LogP contribution in [0.4, 0.5) is 8.78 Å². The third kappa shape index (κ3) is 4.72. The van der Waals surface area contributed by atoms with E-state index in [9.17, 15) is 23.5 Å². The van der Waals surface area contributed by atoms with E-state index in [1.165, 1.54) is 0 Å². The van der Waals surface area contributed by atoms with Gasteiger partial charge in [-0.2, -0.15) is 0 Å². The van der Waals surface area contributed by atoms with Crippen molar-refractivity contribution in [1.29, 1.82) is 0 Å². The average molecular weight is 388 g/mol. The minimum absolute atomic E-state index is 0.0642. The summed E-state index contributed by atoms with van der Waals surface area (Å²) in [7, 11) is 0. The first-order valence-electron chi connectivity index (χ1n) is 9.19. The van der Waals surface area contributed by atoms with E-state index in [0.29, 0.717) is 32.0 Å². The molecule has 2 N–H and O–H groups in total. The minimum Gasteiger partial charge on any atom is -0.388 e. The molecule has 2 aromatic carbocycles. The van der Waals surface area contributed by atoms with Gasteiger partial charge in [0.15, 0.2) is 0 Å². The van der Waals surface area contributed by atoms with Gasteiger partial charge in [-0.05, 0) is 36.5 Å². The zero-order valence-electron chi connectivity index (χ0n) is 15.3. The number of hydrogen-bond donors (Lipinski definition) is 2. The van der Waals surface area contributed by atoms with E-state index in [1.807, 2.05) is 30.3 Å². The standard InChI is InChI=1S/C21H22F2N2O3/c22-16-6-7-17(18(23)12-16)21(28)24-13-19(26)25-10-8-15(9-11-25)20(27)14-4-2-1-3-5-14/h1-7,12,15,20,27H,8-11,13H2,(H,24,28). The predicted molar refractivity (Wildman–Crippen MR) is 99.4 cm³/mol. The zero-order valence-corrected chi connectivity index (χ0v) is 15.3. The molecule has 0 aromatic heterocycles. The first-order chi connectivity index (χ1) is 13.5. The number of nitrogens with one attached hydrogen (secondary N) is 1. The van der Waals surface area contributed by atoms with E-state index in [1.54, 1.807) is 4.90 Å². The van der Waals surface area contributed by atoms with Crippen molar-refractivity contribution < 1.29 is 23.5 Å². The topological polar surface area (TPSA) is 69.6 Å². The molecule has 5 nitrogen and oxygen atoms in total. The first kappa shape index (κ1) is 19.9. The molecule has 3 rings (SSSR count). The Morgan fingerprint density at radius 3 is 2.43 bits per heavy atom. The molecule has 148 valence electrons. The molecule has 0 bridgehead atoms. The Morgan fingerprint density at radius 2 is 1.79 bits per heavy atom. The van der Waals surface area contributed by atoms with Crippen LogP contribution in [0.2, 0.25) is 0 Å². The van der Waals surface area contributed by atoms with E-state index in [2.05, 4.69) is 5.32 Å². The van der Waals surface area contributed by atoms with Crippen LogP contribution < -0.4 is 5.32 Å². The van der Waals surface area contributed by atoms with Gasteiger partial charge >= 0.3 is 0 Å². The summed E-state index contributed by atoms with van der Waals surface area (Å²) in [5, 5.41) is 12.9. The maximum atomic E-state index is 13.6. The molecule has 1 atom stereocenters. The number of amides is 2. The number of rotatable bonds is 5. The number of halogens is 2. The highest BCUT2D eigenvalue weighted by Crippen LogP contribution is 2.30. The van der Waals surface area contributed by atoms with Crippen LogP contribution in [0, 0.1) is 17.6 Å². The van der Waals surface area contributed by atoms with Crippen LogP contribution in [-0.4, -0.2) is 41.5 Å². The maximum Gasteiger partial charge on any atom is 0.254 e. The van der Waals surface area contributed by atoms with Gasteiger partial charge in [0.25, 0.3) is 5.91 Å². The van der Waals surface area contributed by atoms with E-state index in [4.69, 9.17) is 0 Å². The number of aliphatic hydroxyl groups excluding tert-OH is 1. The van der Waals surface area contributed by atoms with Gasteiger partial charge in [0, 0.05) is 19.2 Å². The molecule has 0 radical (unpaired) electrons. The van der Waals surface area contributed by atoms with Crippen LogP contribution in [0.1, 0.15) is 34.9 Å². The summed E-state index contributed by atoms with van der Waals surface area (Å²) < 4.78 is 26.5. The summed E-state index contributed by atoms with van der Waals surface area (Å²) in [6.07, 6.45) is 0.740. The number of carbonyl (C=O) groups excluding carboxylic acids is 2. The van der Waals surface area contributed by atoms with Gasteiger partial charge in [-0.1, -0.05) is 30.3 Å². The molecule has 1 heterocycles. The van der Waals surface area contributed by atoms with Crippen LogP contribution in [-0.2, 0) is 4.79 Å². The normalized spacial score (nSPS) is 15.9. The van der Waals surface area contributed by atoms with Crippen LogP contribution in [0.25, 0.3) is 0 Å². The largest absolute Gasteiger partial charge is 0.388 e. The lowest BCUT2D eigenvalue weighted by Gasteiger charge is -2.34. The molecule has 0 saturated carbocycles. The van der Waals surface area contributed by atoms with E-state index < -0.39 is 23.6 Å². The van der Waals surface area contributed by atoms with Crippen LogP contribution in [0.15, 0.2) is 48.5 Å². The Labute approximate surface area is 162 Å². The lowest BCUT2D eigenvalue weighted by atomic mass is 9.87. The maximum absolute atomic E-state index is 13.6. The number of benzene rings is 2. The molecule has 1 unspecified atom stereocenters. The molecule has 1 saturated heterocycles. The van der Waals surface area contributed by atoms with Crippen LogP contribution >= 0.6 is 0 Å². The van der Waals surface area contributed by atoms with Crippen molar-refractivity contribution in [2.24, 2.45) is 5.92 Å². The Bertz CT molecular complexity index is 837. The first-order valence-corrected chi connectivity index (χ1v) is 9.19.